The lowest BCUT2D eigenvalue weighted by atomic mass is 10.0. The monoisotopic (exact) mass is 244 g/mol. The summed E-state index contributed by atoms with van der Waals surface area (Å²) in [5, 5.41) is 11.4. The van der Waals surface area contributed by atoms with Gasteiger partial charge in [-0.3, -0.25) is 4.79 Å². The van der Waals surface area contributed by atoms with Crippen LogP contribution in [0.15, 0.2) is 18.3 Å². The van der Waals surface area contributed by atoms with Gasteiger partial charge in [0, 0.05) is 13.6 Å². The lowest BCUT2D eigenvalue weighted by Crippen LogP contribution is -2.48. The van der Waals surface area contributed by atoms with Gasteiger partial charge in [-0.2, -0.15) is 5.26 Å². The van der Waals surface area contributed by atoms with Crippen LogP contribution in [0.1, 0.15) is 25.0 Å². The Kier molecular flexibility index (Phi) is 3.78. The smallest absolute Gasteiger partial charge is 0.242 e. The highest BCUT2D eigenvalue weighted by molar-refractivity contribution is 5.85. The van der Waals surface area contributed by atoms with Gasteiger partial charge in [0.1, 0.15) is 17.8 Å². The molecule has 1 unspecified atom stereocenters. The maximum atomic E-state index is 11.8. The van der Waals surface area contributed by atoms with E-state index in [1.165, 1.54) is 0 Å². The van der Waals surface area contributed by atoms with E-state index in [1.807, 2.05) is 12.1 Å². The van der Waals surface area contributed by atoms with Crippen molar-refractivity contribution in [3.63, 3.8) is 0 Å². The van der Waals surface area contributed by atoms with Gasteiger partial charge in [0.2, 0.25) is 5.91 Å². The SMILES string of the molecule is CNC(=O)C1CCCCN1c1ccc(C#N)nc1. The minimum atomic E-state index is -0.126. The second kappa shape index (κ2) is 5.50. The molecule has 5 heteroatoms. The van der Waals surface area contributed by atoms with E-state index in [4.69, 9.17) is 5.26 Å². The third-order valence-electron chi connectivity index (χ3n) is 3.25. The number of carbonyl (C=O) groups is 1. The van der Waals surface area contributed by atoms with Gasteiger partial charge in [0.25, 0.3) is 0 Å². The van der Waals surface area contributed by atoms with Crippen molar-refractivity contribution < 1.29 is 4.79 Å². The Bertz CT molecular complexity index is 463. The number of likely N-dealkylation sites (N-methyl/N-ethyl adjacent to an activating group) is 1. The second-order valence-electron chi connectivity index (χ2n) is 4.33. The van der Waals surface area contributed by atoms with Gasteiger partial charge in [-0.1, -0.05) is 0 Å². The van der Waals surface area contributed by atoms with Crippen LogP contribution < -0.4 is 10.2 Å². The molecule has 0 aliphatic carbocycles. The van der Waals surface area contributed by atoms with E-state index in [9.17, 15) is 4.79 Å². The molecule has 18 heavy (non-hydrogen) atoms. The zero-order valence-electron chi connectivity index (χ0n) is 10.4. The highest BCUT2D eigenvalue weighted by atomic mass is 16.2. The first-order valence-electron chi connectivity index (χ1n) is 6.10. The molecule has 0 aromatic carbocycles. The summed E-state index contributed by atoms with van der Waals surface area (Å²) in [6.45, 7) is 0.853. The first-order valence-corrected chi connectivity index (χ1v) is 6.10. The molecule has 0 bridgehead atoms. The van der Waals surface area contributed by atoms with Gasteiger partial charge < -0.3 is 10.2 Å². The Morgan fingerprint density at radius 3 is 3.00 bits per heavy atom. The molecule has 1 fully saturated rings. The van der Waals surface area contributed by atoms with Gasteiger partial charge in [-0.05, 0) is 31.4 Å². The van der Waals surface area contributed by atoms with Crippen LogP contribution >= 0.6 is 0 Å². The molecule has 1 N–H and O–H groups in total. The van der Waals surface area contributed by atoms with Crippen molar-refractivity contribution in [2.45, 2.75) is 25.3 Å². The molecule has 1 aliphatic rings. The van der Waals surface area contributed by atoms with Gasteiger partial charge >= 0.3 is 0 Å². The van der Waals surface area contributed by atoms with Crippen LogP contribution in [0.2, 0.25) is 0 Å². The van der Waals surface area contributed by atoms with Crippen molar-refractivity contribution in [1.82, 2.24) is 10.3 Å². The molecule has 0 saturated carbocycles. The molecule has 1 aromatic heterocycles. The van der Waals surface area contributed by atoms with E-state index in [2.05, 4.69) is 15.2 Å². The normalized spacial score (nSPS) is 19.1. The highest BCUT2D eigenvalue weighted by Gasteiger charge is 2.28. The molecular formula is C13H16N4O. The second-order valence-corrected chi connectivity index (χ2v) is 4.33. The summed E-state index contributed by atoms with van der Waals surface area (Å²) in [6, 6.07) is 5.41. The van der Waals surface area contributed by atoms with Crippen molar-refractivity contribution in [1.29, 1.82) is 5.26 Å². The van der Waals surface area contributed by atoms with Crippen molar-refractivity contribution in [3.8, 4) is 6.07 Å². The van der Waals surface area contributed by atoms with Crippen LogP contribution in [-0.2, 0) is 4.79 Å². The van der Waals surface area contributed by atoms with E-state index in [0.717, 1.165) is 31.5 Å². The van der Waals surface area contributed by atoms with E-state index in [0.29, 0.717) is 5.69 Å². The van der Waals surface area contributed by atoms with E-state index in [1.54, 1.807) is 19.3 Å². The first-order chi connectivity index (χ1) is 8.76. The van der Waals surface area contributed by atoms with Gasteiger partial charge in [0.05, 0.1) is 11.9 Å². The maximum Gasteiger partial charge on any atom is 0.242 e. The molecule has 1 saturated heterocycles. The molecule has 0 radical (unpaired) electrons. The quantitative estimate of drug-likeness (QED) is 0.844. The summed E-state index contributed by atoms with van der Waals surface area (Å²) >= 11 is 0. The number of rotatable bonds is 2. The number of amides is 1. The summed E-state index contributed by atoms with van der Waals surface area (Å²) in [5.74, 6) is 0.0408. The van der Waals surface area contributed by atoms with E-state index < -0.39 is 0 Å². The molecule has 1 amide bonds. The molecule has 5 nitrogen and oxygen atoms in total. The Hall–Kier alpha value is -2.09. The molecule has 2 rings (SSSR count). The van der Waals surface area contributed by atoms with Crippen molar-refractivity contribution in [2.75, 3.05) is 18.5 Å². The van der Waals surface area contributed by atoms with Gasteiger partial charge in [0.15, 0.2) is 0 Å². The number of hydrogen-bond donors (Lipinski definition) is 1. The Balaban J connectivity index is 2.22. The molecule has 0 spiro atoms. The number of nitrogens with zero attached hydrogens (tertiary/aromatic N) is 3. The maximum absolute atomic E-state index is 11.8. The third-order valence-corrected chi connectivity index (χ3v) is 3.25. The fourth-order valence-corrected chi connectivity index (χ4v) is 2.30. The average molecular weight is 244 g/mol. The number of nitrogens with one attached hydrogen (secondary N) is 1. The van der Waals surface area contributed by atoms with Crippen molar-refractivity contribution in [2.24, 2.45) is 0 Å². The van der Waals surface area contributed by atoms with Gasteiger partial charge in [-0.25, -0.2) is 4.98 Å². The van der Waals surface area contributed by atoms with E-state index in [-0.39, 0.29) is 11.9 Å². The molecule has 1 atom stereocenters. The number of nitriles is 1. The topological polar surface area (TPSA) is 69.0 Å². The van der Waals surface area contributed by atoms with Crippen LogP contribution in [0.3, 0.4) is 0 Å². The molecule has 1 aromatic rings. The van der Waals surface area contributed by atoms with Crippen LogP contribution in [0.5, 0.6) is 0 Å². The average Bonchev–Trinajstić information content (AvgIpc) is 2.46. The summed E-state index contributed by atoms with van der Waals surface area (Å²) in [4.78, 5) is 18.0. The lowest BCUT2D eigenvalue weighted by Gasteiger charge is -2.36. The predicted octanol–water partition coefficient (Wildman–Crippen LogP) is 1.06. The summed E-state index contributed by atoms with van der Waals surface area (Å²) < 4.78 is 0. The van der Waals surface area contributed by atoms with Crippen LogP contribution in [0, 0.1) is 11.3 Å². The number of hydrogen-bond acceptors (Lipinski definition) is 4. The molecule has 1 aliphatic heterocycles. The predicted molar refractivity (Wildman–Crippen MR) is 68.0 cm³/mol. The summed E-state index contributed by atoms with van der Waals surface area (Å²) in [7, 11) is 1.66. The van der Waals surface area contributed by atoms with Crippen molar-refractivity contribution in [3.05, 3.63) is 24.0 Å². The van der Waals surface area contributed by atoms with Crippen LogP contribution in [-0.4, -0.2) is 30.5 Å². The zero-order valence-corrected chi connectivity index (χ0v) is 10.4. The van der Waals surface area contributed by atoms with E-state index >= 15 is 0 Å². The summed E-state index contributed by atoms with van der Waals surface area (Å²) in [6.07, 6.45) is 4.67. The molecule has 2 heterocycles. The fourth-order valence-electron chi connectivity index (χ4n) is 2.30. The number of piperidine rings is 1. The number of aromatic nitrogens is 1. The Morgan fingerprint density at radius 2 is 2.39 bits per heavy atom. The lowest BCUT2D eigenvalue weighted by molar-refractivity contribution is -0.122. The molecule has 94 valence electrons. The van der Waals surface area contributed by atoms with Gasteiger partial charge in [-0.15, -0.1) is 0 Å². The van der Waals surface area contributed by atoms with Crippen molar-refractivity contribution >= 4 is 11.6 Å². The minimum Gasteiger partial charge on any atom is -0.358 e. The number of pyridine rings is 1. The minimum absolute atomic E-state index is 0.0408. The zero-order chi connectivity index (χ0) is 13.0. The fraction of sp³-hybridized carbons (Fsp3) is 0.462. The third kappa shape index (κ3) is 2.43. The van der Waals surface area contributed by atoms with Crippen LogP contribution in [0.25, 0.3) is 0 Å². The van der Waals surface area contributed by atoms with Crippen LogP contribution in [0.4, 0.5) is 5.69 Å². The molecular weight excluding hydrogens is 228 g/mol. The standard InChI is InChI=1S/C13H16N4O/c1-15-13(18)12-4-2-3-7-17(12)11-6-5-10(8-14)16-9-11/h5-6,9,12H,2-4,7H2,1H3,(H,15,18). The number of anilines is 1. The summed E-state index contributed by atoms with van der Waals surface area (Å²) in [5.41, 5.74) is 1.30. The highest BCUT2D eigenvalue weighted by Crippen LogP contribution is 2.24. The number of carbonyl (C=O) groups excluding carboxylic acids is 1. The Labute approximate surface area is 106 Å². The Morgan fingerprint density at radius 1 is 1.56 bits per heavy atom. The first kappa shape index (κ1) is 12.4. The largest absolute Gasteiger partial charge is 0.358 e.